The average molecular weight is 284 g/mol. The normalized spacial score (nSPS) is 10.7. The van der Waals surface area contributed by atoms with Gasteiger partial charge in [-0.3, -0.25) is 0 Å². The van der Waals surface area contributed by atoms with Crippen LogP contribution in [0.2, 0.25) is 0 Å². The molecule has 2 heterocycles. The van der Waals surface area contributed by atoms with Gasteiger partial charge in [0.15, 0.2) is 11.5 Å². The molecule has 2 aromatic heterocycles. The summed E-state index contributed by atoms with van der Waals surface area (Å²) in [5, 5.41) is 16.4. The monoisotopic (exact) mass is 284 g/mol. The Balaban J connectivity index is 1.84. The van der Waals surface area contributed by atoms with Crippen molar-refractivity contribution in [3.05, 3.63) is 53.8 Å². The Morgan fingerprint density at radius 3 is 2.76 bits per heavy atom. The molecule has 0 spiro atoms. The SMILES string of the molecule is Cc1c(C(=O)O)nnn1Cc1ncc(-c2ccccc2)o1. The molecule has 3 aromatic rings. The van der Waals surface area contributed by atoms with E-state index in [1.54, 1.807) is 13.1 Å². The number of oxazole rings is 1. The first-order valence-corrected chi connectivity index (χ1v) is 6.28. The van der Waals surface area contributed by atoms with Gasteiger partial charge in [0.2, 0.25) is 5.89 Å². The molecule has 0 bridgehead atoms. The minimum atomic E-state index is -1.10. The van der Waals surface area contributed by atoms with Crippen molar-refractivity contribution >= 4 is 5.97 Å². The molecule has 7 nitrogen and oxygen atoms in total. The molecule has 0 atom stereocenters. The van der Waals surface area contributed by atoms with Crippen molar-refractivity contribution in [3.63, 3.8) is 0 Å². The molecule has 0 unspecified atom stereocenters. The quantitative estimate of drug-likeness (QED) is 0.787. The molecule has 0 aliphatic heterocycles. The summed E-state index contributed by atoms with van der Waals surface area (Å²) in [6.07, 6.45) is 1.63. The fourth-order valence-electron chi connectivity index (χ4n) is 1.96. The second-order valence-electron chi connectivity index (χ2n) is 4.47. The summed E-state index contributed by atoms with van der Waals surface area (Å²) in [5.74, 6) is -0.00301. The van der Waals surface area contributed by atoms with Crippen LogP contribution >= 0.6 is 0 Å². The first kappa shape index (κ1) is 13.0. The van der Waals surface area contributed by atoms with Crippen molar-refractivity contribution in [3.8, 4) is 11.3 Å². The summed E-state index contributed by atoms with van der Waals surface area (Å²) in [6, 6.07) is 9.60. The number of carboxylic acid groups (broad SMARTS) is 1. The van der Waals surface area contributed by atoms with Crippen molar-refractivity contribution < 1.29 is 14.3 Å². The van der Waals surface area contributed by atoms with Crippen LogP contribution in [-0.2, 0) is 6.54 Å². The fraction of sp³-hybridized carbons (Fsp3) is 0.143. The highest BCUT2D eigenvalue weighted by atomic mass is 16.4. The fourth-order valence-corrected chi connectivity index (χ4v) is 1.96. The summed E-state index contributed by atoms with van der Waals surface area (Å²) < 4.78 is 7.10. The van der Waals surface area contributed by atoms with E-state index >= 15 is 0 Å². The number of carbonyl (C=O) groups is 1. The molecule has 0 fully saturated rings. The topological polar surface area (TPSA) is 94.0 Å². The Morgan fingerprint density at radius 2 is 2.10 bits per heavy atom. The zero-order valence-corrected chi connectivity index (χ0v) is 11.2. The van der Waals surface area contributed by atoms with Crippen LogP contribution in [-0.4, -0.2) is 31.1 Å². The van der Waals surface area contributed by atoms with Crippen LogP contribution in [0.4, 0.5) is 0 Å². The summed E-state index contributed by atoms with van der Waals surface area (Å²) in [5.41, 5.74) is 1.32. The molecule has 7 heteroatoms. The number of carboxylic acids is 1. The van der Waals surface area contributed by atoms with Gasteiger partial charge < -0.3 is 9.52 Å². The summed E-state index contributed by atoms with van der Waals surface area (Å²) in [7, 11) is 0. The van der Waals surface area contributed by atoms with Crippen molar-refractivity contribution in [2.24, 2.45) is 0 Å². The number of nitrogens with zero attached hydrogens (tertiary/aromatic N) is 4. The average Bonchev–Trinajstić information content (AvgIpc) is 3.08. The molecule has 0 saturated heterocycles. The number of aromatic nitrogens is 4. The van der Waals surface area contributed by atoms with E-state index in [-0.39, 0.29) is 12.2 Å². The lowest BCUT2D eigenvalue weighted by Gasteiger charge is -1.99. The van der Waals surface area contributed by atoms with Crippen molar-refractivity contribution in [2.75, 3.05) is 0 Å². The van der Waals surface area contributed by atoms with E-state index in [4.69, 9.17) is 9.52 Å². The van der Waals surface area contributed by atoms with Gasteiger partial charge in [-0.15, -0.1) is 5.10 Å². The van der Waals surface area contributed by atoms with Gasteiger partial charge in [-0.2, -0.15) is 0 Å². The van der Waals surface area contributed by atoms with Crippen LogP contribution in [0.1, 0.15) is 22.1 Å². The van der Waals surface area contributed by atoms with Crippen LogP contribution in [0.5, 0.6) is 0 Å². The van der Waals surface area contributed by atoms with E-state index in [0.717, 1.165) is 5.56 Å². The Morgan fingerprint density at radius 1 is 1.33 bits per heavy atom. The molecule has 0 aliphatic carbocycles. The van der Waals surface area contributed by atoms with Gasteiger partial charge in [0.1, 0.15) is 6.54 Å². The summed E-state index contributed by atoms with van der Waals surface area (Å²) in [4.78, 5) is 15.1. The van der Waals surface area contributed by atoms with E-state index in [1.165, 1.54) is 4.68 Å². The minimum Gasteiger partial charge on any atom is -0.476 e. The zero-order valence-electron chi connectivity index (χ0n) is 11.2. The van der Waals surface area contributed by atoms with E-state index in [9.17, 15) is 4.79 Å². The molecular weight excluding hydrogens is 272 g/mol. The maximum Gasteiger partial charge on any atom is 0.358 e. The Labute approximate surface area is 119 Å². The molecule has 0 amide bonds. The van der Waals surface area contributed by atoms with Crippen LogP contribution in [0.3, 0.4) is 0 Å². The highest BCUT2D eigenvalue weighted by Gasteiger charge is 2.16. The highest BCUT2D eigenvalue weighted by molar-refractivity contribution is 5.86. The van der Waals surface area contributed by atoms with Gasteiger partial charge in [-0.05, 0) is 6.92 Å². The van der Waals surface area contributed by atoms with Crippen LogP contribution in [0, 0.1) is 6.92 Å². The molecule has 1 N–H and O–H groups in total. The Kier molecular flexibility index (Phi) is 3.23. The molecule has 21 heavy (non-hydrogen) atoms. The standard InChI is InChI=1S/C14H12N4O3/c1-9-13(14(19)20)16-17-18(9)8-12-15-7-11(21-12)10-5-3-2-4-6-10/h2-7H,8H2,1H3,(H,19,20). The number of hydrogen-bond acceptors (Lipinski definition) is 5. The Hall–Kier alpha value is -2.96. The summed E-state index contributed by atoms with van der Waals surface area (Å²) >= 11 is 0. The number of hydrogen-bond donors (Lipinski definition) is 1. The van der Waals surface area contributed by atoms with E-state index < -0.39 is 5.97 Å². The molecule has 0 aliphatic rings. The second kappa shape index (κ2) is 5.20. The molecule has 106 valence electrons. The maximum absolute atomic E-state index is 10.9. The predicted molar refractivity (Wildman–Crippen MR) is 72.8 cm³/mol. The number of aromatic carboxylic acids is 1. The third-order valence-electron chi connectivity index (χ3n) is 3.08. The molecular formula is C14H12N4O3. The maximum atomic E-state index is 10.9. The largest absolute Gasteiger partial charge is 0.476 e. The lowest BCUT2D eigenvalue weighted by molar-refractivity contribution is 0.0689. The molecule has 3 rings (SSSR count). The van der Waals surface area contributed by atoms with Gasteiger partial charge in [0.25, 0.3) is 0 Å². The predicted octanol–water partition coefficient (Wildman–Crippen LogP) is 1.99. The van der Waals surface area contributed by atoms with Gasteiger partial charge in [-0.1, -0.05) is 35.5 Å². The second-order valence-corrected chi connectivity index (χ2v) is 4.47. The molecule has 1 aromatic carbocycles. The van der Waals surface area contributed by atoms with Gasteiger partial charge in [0, 0.05) is 5.56 Å². The third-order valence-corrected chi connectivity index (χ3v) is 3.08. The Bertz CT molecular complexity index is 777. The number of rotatable bonds is 4. The van der Waals surface area contributed by atoms with E-state index in [0.29, 0.717) is 17.3 Å². The van der Waals surface area contributed by atoms with Crippen molar-refractivity contribution in [1.82, 2.24) is 20.0 Å². The summed E-state index contributed by atoms with van der Waals surface area (Å²) in [6.45, 7) is 1.88. The minimum absolute atomic E-state index is 0.0650. The van der Waals surface area contributed by atoms with Crippen molar-refractivity contribution in [2.45, 2.75) is 13.5 Å². The van der Waals surface area contributed by atoms with Gasteiger partial charge >= 0.3 is 5.97 Å². The van der Waals surface area contributed by atoms with Gasteiger partial charge in [0.05, 0.1) is 11.9 Å². The van der Waals surface area contributed by atoms with E-state index in [1.807, 2.05) is 30.3 Å². The first-order valence-electron chi connectivity index (χ1n) is 6.28. The van der Waals surface area contributed by atoms with E-state index in [2.05, 4.69) is 15.3 Å². The smallest absolute Gasteiger partial charge is 0.358 e. The molecule has 0 radical (unpaired) electrons. The lowest BCUT2D eigenvalue weighted by atomic mass is 10.2. The van der Waals surface area contributed by atoms with Crippen molar-refractivity contribution in [1.29, 1.82) is 0 Å². The number of benzene rings is 1. The third kappa shape index (κ3) is 2.53. The first-order chi connectivity index (χ1) is 10.1. The highest BCUT2D eigenvalue weighted by Crippen LogP contribution is 2.20. The lowest BCUT2D eigenvalue weighted by Crippen LogP contribution is -2.06. The molecule has 0 saturated carbocycles. The zero-order chi connectivity index (χ0) is 14.8. The van der Waals surface area contributed by atoms with Gasteiger partial charge in [-0.25, -0.2) is 14.5 Å². The van der Waals surface area contributed by atoms with Crippen LogP contribution in [0.25, 0.3) is 11.3 Å². The van der Waals surface area contributed by atoms with Crippen LogP contribution in [0.15, 0.2) is 40.9 Å². The van der Waals surface area contributed by atoms with Crippen LogP contribution < -0.4 is 0 Å².